The second-order valence-electron chi connectivity index (χ2n) is 8.80. The molecule has 0 aliphatic carbocycles. The van der Waals surface area contributed by atoms with E-state index in [-0.39, 0.29) is 36.5 Å². The molecule has 2 aromatic rings. The smallest absolute Gasteiger partial charge is 0.410 e. The predicted molar refractivity (Wildman–Crippen MR) is 125 cm³/mol. The average Bonchev–Trinajstić information content (AvgIpc) is 2.83. The molecule has 2 atom stereocenters. The van der Waals surface area contributed by atoms with E-state index in [2.05, 4.69) is 0 Å². The Kier molecular flexibility index (Phi) is 7.87. The Balaban J connectivity index is 1.29. The Hall–Kier alpha value is -3.02. The van der Waals surface area contributed by atoms with Gasteiger partial charge >= 0.3 is 6.09 Å². The van der Waals surface area contributed by atoms with Crippen molar-refractivity contribution >= 4 is 11.9 Å². The standard InChI is InChI=1S/C27H33NO5/c1-2-31-25-13-6-7-14-26(25)32-16-15-24(29)21-17-22-11-8-12-23(18-21)28(22)27(30)33-19-20-9-4-3-5-10-20/h3-7,9-10,13-14,21-23H,2,8,11-12,15-19H2,1H3. The molecular weight excluding hydrogens is 418 g/mol. The molecule has 2 heterocycles. The van der Waals surface area contributed by atoms with E-state index in [9.17, 15) is 9.59 Å². The molecule has 2 fully saturated rings. The van der Waals surface area contributed by atoms with Crippen LogP contribution in [0.4, 0.5) is 4.79 Å². The number of rotatable bonds is 9. The third-order valence-electron chi connectivity index (χ3n) is 6.60. The van der Waals surface area contributed by atoms with Crippen LogP contribution in [0.25, 0.3) is 0 Å². The number of fused-ring (bicyclic) bond motifs is 2. The molecular formula is C27H33NO5. The Labute approximate surface area is 195 Å². The van der Waals surface area contributed by atoms with Gasteiger partial charge in [-0.15, -0.1) is 0 Å². The van der Waals surface area contributed by atoms with Crippen LogP contribution >= 0.6 is 0 Å². The minimum Gasteiger partial charge on any atom is -0.490 e. The summed E-state index contributed by atoms with van der Waals surface area (Å²) in [5.74, 6) is 1.56. The fourth-order valence-corrected chi connectivity index (χ4v) is 5.05. The Morgan fingerprint density at radius 3 is 2.21 bits per heavy atom. The zero-order chi connectivity index (χ0) is 23.0. The second kappa shape index (κ2) is 11.2. The molecule has 1 amide bonds. The summed E-state index contributed by atoms with van der Waals surface area (Å²) in [7, 11) is 0. The number of carbonyl (C=O) groups is 2. The van der Waals surface area contributed by atoms with E-state index < -0.39 is 0 Å². The van der Waals surface area contributed by atoms with Crippen molar-refractivity contribution in [2.45, 2.75) is 64.1 Å². The lowest BCUT2D eigenvalue weighted by atomic mass is 9.76. The largest absolute Gasteiger partial charge is 0.490 e. The molecule has 176 valence electrons. The first-order chi connectivity index (χ1) is 16.2. The summed E-state index contributed by atoms with van der Waals surface area (Å²) >= 11 is 0. The molecule has 2 aliphatic heterocycles. The first kappa shape index (κ1) is 23.1. The number of Topliss-reactive ketones (excluding diaryl/α,β-unsaturated/α-hetero) is 1. The molecule has 6 heteroatoms. The number of para-hydroxylation sites is 2. The van der Waals surface area contributed by atoms with Crippen molar-refractivity contribution in [2.24, 2.45) is 5.92 Å². The summed E-state index contributed by atoms with van der Waals surface area (Å²) in [6.45, 7) is 3.10. The summed E-state index contributed by atoms with van der Waals surface area (Å²) in [6.07, 6.45) is 4.49. The SMILES string of the molecule is CCOc1ccccc1OCCC(=O)C1CC2CCCC(C1)N2C(=O)OCc1ccccc1. The number of nitrogens with zero attached hydrogens (tertiary/aromatic N) is 1. The first-order valence-electron chi connectivity index (χ1n) is 12.0. The molecule has 2 bridgehead atoms. The third kappa shape index (κ3) is 5.86. The van der Waals surface area contributed by atoms with Crippen molar-refractivity contribution < 1.29 is 23.8 Å². The monoisotopic (exact) mass is 451 g/mol. The van der Waals surface area contributed by atoms with Gasteiger partial charge in [0.2, 0.25) is 0 Å². The van der Waals surface area contributed by atoms with Gasteiger partial charge in [0, 0.05) is 24.4 Å². The van der Waals surface area contributed by atoms with E-state index in [1.165, 1.54) is 0 Å². The van der Waals surface area contributed by atoms with Gasteiger partial charge in [0.25, 0.3) is 0 Å². The molecule has 0 spiro atoms. The summed E-state index contributed by atoms with van der Waals surface area (Å²) in [4.78, 5) is 27.7. The molecule has 0 radical (unpaired) electrons. The van der Waals surface area contributed by atoms with Gasteiger partial charge in [0.15, 0.2) is 11.5 Å². The van der Waals surface area contributed by atoms with Gasteiger partial charge in [-0.3, -0.25) is 4.79 Å². The number of ether oxygens (including phenoxy) is 3. The molecule has 0 aromatic heterocycles. The Morgan fingerprint density at radius 1 is 0.909 bits per heavy atom. The van der Waals surface area contributed by atoms with Crippen LogP contribution in [0.3, 0.4) is 0 Å². The van der Waals surface area contributed by atoms with Gasteiger partial charge in [-0.1, -0.05) is 42.5 Å². The Bertz CT molecular complexity index is 917. The van der Waals surface area contributed by atoms with Crippen molar-refractivity contribution in [3.8, 4) is 11.5 Å². The lowest BCUT2D eigenvalue weighted by Gasteiger charge is -2.47. The van der Waals surface area contributed by atoms with Gasteiger partial charge in [-0.2, -0.15) is 0 Å². The van der Waals surface area contributed by atoms with Gasteiger partial charge < -0.3 is 19.1 Å². The summed E-state index contributed by atoms with van der Waals surface area (Å²) in [5, 5.41) is 0. The molecule has 6 nitrogen and oxygen atoms in total. The topological polar surface area (TPSA) is 65.1 Å². The lowest BCUT2D eigenvalue weighted by molar-refractivity contribution is -0.127. The maximum absolute atomic E-state index is 13.0. The molecule has 0 N–H and O–H groups in total. The predicted octanol–water partition coefficient (Wildman–Crippen LogP) is 5.39. The van der Waals surface area contributed by atoms with Crippen LogP contribution in [0.2, 0.25) is 0 Å². The zero-order valence-electron chi connectivity index (χ0n) is 19.3. The van der Waals surface area contributed by atoms with Crippen molar-refractivity contribution in [1.29, 1.82) is 0 Å². The summed E-state index contributed by atoms with van der Waals surface area (Å²) in [6, 6.07) is 17.4. The maximum atomic E-state index is 13.0. The minimum absolute atomic E-state index is 0.0239. The normalized spacial score (nSPS) is 21.8. The number of ketones is 1. The van der Waals surface area contributed by atoms with Crippen molar-refractivity contribution in [1.82, 2.24) is 4.90 Å². The van der Waals surface area contributed by atoms with Gasteiger partial charge in [0.1, 0.15) is 12.4 Å². The van der Waals surface area contributed by atoms with Crippen LogP contribution in [0.5, 0.6) is 11.5 Å². The van der Waals surface area contributed by atoms with Gasteiger partial charge in [0.05, 0.1) is 13.2 Å². The number of carbonyl (C=O) groups excluding carboxylic acids is 2. The molecule has 33 heavy (non-hydrogen) atoms. The molecule has 2 aromatic carbocycles. The van der Waals surface area contributed by atoms with Crippen molar-refractivity contribution in [3.63, 3.8) is 0 Å². The van der Waals surface area contributed by atoms with Gasteiger partial charge in [-0.05, 0) is 56.7 Å². The van der Waals surface area contributed by atoms with Crippen LogP contribution in [0.15, 0.2) is 54.6 Å². The number of amides is 1. The third-order valence-corrected chi connectivity index (χ3v) is 6.60. The van der Waals surface area contributed by atoms with Crippen LogP contribution in [0.1, 0.15) is 51.0 Å². The zero-order valence-corrected chi connectivity index (χ0v) is 19.3. The molecule has 0 saturated carbocycles. The van der Waals surface area contributed by atoms with E-state index in [1.54, 1.807) is 0 Å². The summed E-state index contributed by atoms with van der Waals surface area (Å²) < 4.78 is 17.0. The Morgan fingerprint density at radius 2 is 1.55 bits per heavy atom. The average molecular weight is 452 g/mol. The molecule has 2 saturated heterocycles. The van der Waals surface area contributed by atoms with Crippen molar-refractivity contribution in [2.75, 3.05) is 13.2 Å². The van der Waals surface area contributed by atoms with E-state index in [0.717, 1.165) is 24.8 Å². The molecule has 4 rings (SSSR count). The first-order valence-corrected chi connectivity index (χ1v) is 12.0. The minimum atomic E-state index is -0.254. The van der Waals surface area contributed by atoms with Crippen LogP contribution < -0.4 is 9.47 Å². The number of hydrogen-bond donors (Lipinski definition) is 0. The highest BCUT2D eigenvalue weighted by atomic mass is 16.6. The van der Waals surface area contributed by atoms with Crippen LogP contribution in [-0.4, -0.2) is 42.1 Å². The highest BCUT2D eigenvalue weighted by Crippen LogP contribution is 2.38. The van der Waals surface area contributed by atoms with E-state index in [0.29, 0.717) is 44.0 Å². The van der Waals surface area contributed by atoms with Gasteiger partial charge in [-0.25, -0.2) is 4.79 Å². The highest BCUT2D eigenvalue weighted by Gasteiger charge is 2.43. The van der Waals surface area contributed by atoms with E-state index in [1.807, 2.05) is 66.4 Å². The van der Waals surface area contributed by atoms with E-state index >= 15 is 0 Å². The van der Waals surface area contributed by atoms with E-state index in [4.69, 9.17) is 14.2 Å². The number of benzene rings is 2. The highest BCUT2D eigenvalue weighted by molar-refractivity contribution is 5.82. The fourth-order valence-electron chi connectivity index (χ4n) is 5.05. The second-order valence-corrected chi connectivity index (χ2v) is 8.80. The molecule has 2 aliphatic rings. The number of hydrogen-bond acceptors (Lipinski definition) is 5. The number of piperidine rings is 2. The maximum Gasteiger partial charge on any atom is 0.410 e. The summed E-state index contributed by atoms with van der Waals surface area (Å²) in [5.41, 5.74) is 0.979. The van der Waals surface area contributed by atoms with Crippen LogP contribution in [0, 0.1) is 5.92 Å². The fraction of sp³-hybridized carbons (Fsp3) is 0.481. The quantitative estimate of drug-likeness (QED) is 0.511. The van der Waals surface area contributed by atoms with Crippen molar-refractivity contribution in [3.05, 3.63) is 60.2 Å². The van der Waals surface area contributed by atoms with Crippen LogP contribution in [-0.2, 0) is 16.1 Å². The molecule has 2 unspecified atom stereocenters. The lowest BCUT2D eigenvalue weighted by Crippen LogP contribution is -2.55.